The van der Waals surface area contributed by atoms with Gasteiger partial charge in [0.05, 0.1) is 0 Å². The number of hydrogen-bond donors (Lipinski definition) is 1. The Labute approximate surface area is 210 Å². The third kappa shape index (κ3) is 6.66. The van der Waals surface area contributed by atoms with Crippen molar-refractivity contribution in [1.82, 2.24) is 13.6 Å². The molecular weight excluding hydrogens is 461 g/mol. The Kier molecular flexibility index (Phi) is 10.7. The normalized spacial score (nSPS) is 22.9. The summed E-state index contributed by atoms with van der Waals surface area (Å²) in [5, 5.41) is 3.88. The fraction of sp³-hybridized carbons (Fsp3) is 0.280. The summed E-state index contributed by atoms with van der Waals surface area (Å²) in [4.78, 5) is 2.50. The van der Waals surface area contributed by atoms with Crippen LogP contribution in [0.1, 0.15) is 34.8 Å². The number of hydrogen-bond acceptors (Lipinski definition) is 3. The van der Waals surface area contributed by atoms with Crippen molar-refractivity contribution < 1.29 is 45.5 Å². The van der Waals surface area contributed by atoms with Crippen LogP contribution in [-0.4, -0.2) is 35.0 Å². The smallest absolute Gasteiger partial charge is 1.00 e. The fourth-order valence-corrected chi connectivity index (χ4v) is 4.86. The molecule has 1 fully saturated rings. The molecule has 161 valence electrons. The van der Waals surface area contributed by atoms with E-state index in [2.05, 4.69) is 132 Å². The maximum absolute atomic E-state index is 3.88. The molecule has 31 heavy (non-hydrogen) atoms. The molecule has 3 atom stereocenters. The molecule has 1 aliphatic rings. The van der Waals surface area contributed by atoms with E-state index in [1.807, 2.05) is 0 Å². The minimum Gasteiger partial charge on any atom is -1.00 e. The first-order chi connectivity index (χ1) is 14.2. The Bertz CT molecular complexity index is 883. The van der Waals surface area contributed by atoms with Crippen LogP contribution in [0.2, 0.25) is 0 Å². The van der Waals surface area contributed by atoms with Crippen molar-refractivity contribution in [2.24, 2.45) is 0 Å². The molecule has 1 aliphatic heterocycles. The van der Waals surface area contributed by atoms with Crippen LogP contribution in [-0.2, 0) is 20.7 Å². The zero-order valence-corrected chi connectivity index (χ0v) is 20.7. The van der Waals surface area contributed by atoms with Gasteiger partial charge in [0.25, 0.3) is 0 Å². The van der Waals surface area contributed by atoms with E-state index >= 15 is 0 Å². The number of nitrogens with one attached hydrogen (secondary N) is 1. The van der Waals surface area contributed by atoms with Gasteiger partial charge in [-0.2, -0.15) is 0 Å². The van der Waals surface area contributed by atoms with Crippen molar-refractivity contribution in [1.29, 1.82) is 0 Å². The van der Waals surface area contributed by atoms with Crippen LogP contribution in [0.4, 0.5) is 0 Å². The first-order valence-corrected chi connectivity index (χ1v) is 11.0. The molecule has 0 bridgehead atoms. The molecule has 6 heteroatoms. The second kappa shape index (κ2) is 12.8. The Balaban J connectivity index is 0.00000171. The average Bonchev–Trinajstić information content (AvgIpc) is 2.84. The number of nitrogens with zero attached hydrogens (tertiary/aromatic N) is 2. The van der Waals surface area contributed by atoms with Crippen molar-refractivity contribution in [3.8, 4) is 0 Å². The van der Waals surface area contributed by atoms with Crippen LogP contribution >= 0.6 is 0 Å². The maximum atomic E-state index is 3.88. The second-order valence-corrected chi connectivity index (χ2v) is 8.71. The molecule has 0 amide bonds. The van der Waals surface area contributed by atoms with Crippen LogP contribution < -0.4 is 30.1 Å². The van der Waals surface area contributed by atoms with E-state index in [0.29, 0.717) is 18.1 Å². The number of halogens is 2. The number of benzene rings is 3. The van der Waals surface area contributed by atoms with Crippen LogP contribution in [0, 0.1) is 0 Å². The van der Waals surface area contributed by atoms with E-state index in [1.165, 1.54) is 16.7 Å². The topological polar surface area (TPSA) is 18.5 Å². The van der Waals surface area contributed by atoms with Gasteiger partial charge >= 0.3 is 187 Å². The van der Waals surface area contributed by atoms with Gasteiger partial charge < -0.3 is 24.8 Å². The summed E-state index contributed by atoms with van der Waals surface area (Å²) in [5.74, 6) is 0. The van der Waals surface area contributed by atoms with E-state index in [-0.39, 0.29) is 24.8 Å². The third-order valence-corrected chi connectivity index (χ3v) is 6.65. The Morgan fingerprint density at radius 3 is 1.65 bits per heavy atom. The van der Waals surface area contributed by atoms with Crippen LogP contribution in [0.25, 0.3) is 0 Å². The molecule has 3 aromatic carbocycles. The average molecular weight is 489 g/mol. The summed E-state index contributed by atoms with van der Waals surface area (Å²) < 4.78 is 2.50. The fourth-order valence-electron chi connectivity index (χ4n) is 4.21. The molecule has 4 rings (SSSR count). The van der Waals surface area contributed by atoms with Crippen molar-refractivity contribution in [3.05, 3.63) is 108 Å². The van der Waals surface area contributed by atoms with Crippen molar-refractivity contribution in [2.45, 2.75) is 18.1 Å². The molecule has 0 spiro atoms. The molecule has 3 unspecified atom stereocenters. The van der Waals surface area contributed by atoms with E-state index < -0.39 is 0 Å². The maximum Gasteiger partial charge on any atom is -1.00 e. The quantitative estimate of drug-likeness (QED) is 0.453. The number of likely N-dealkylation sites (N-methyl/N-ethyl adjacent to an activating group) is 1. The molecule has 1 saturated heterocycles. The summed E-state index contributed by atoms with van der Waals surface area (Å²) in [6, 6.07) is 33.6. The standard InChI is InChI=1S/C25H28N3.2ClH.Ti/c1-28-19-24(21-13-7-3-8-14-21)26-17-23(20-11-5-2-6-12-20)27-18-25(28)22-15-9-4-10-16-22;;;/h2-16,23-26H,17-19H2,1H3;2*1H;/q-1;;;+3/p-2. The Hall–Kier alpha value is -1.17. The molecule has 1 heterocycles. The molecular formula is C25H28Cl2N3Ti. The van der Waals surface area contributed by atoms with E-state index in [4.69, 9.17) is 0 Å². The van der Waals surface area contributed by atoms with Crippen LogP contribution in [0.15, 0.2) is 91.0 Å². The third-order valence-electron chi connectivity index (χ3n) is 5.88. The van der Waals surface area contributed by atoms with Gasteiger partial charge in [0, 0.05) is 0 Å². The summed E-state index contributed by atoms with van der Waals surface area (Å²) in [6.07, 6.45) is 0. The summed E-state index contributed by atoms with van der Waals surface area (Å²) >= 11 is 2.26. The van der Waals surface area contributed by atoms with E-state index in [9.17, 15) is 0 Å². The Morgan fingerprint density at radius 2 is 1.13 bits per heavy atom. The monoisotopic (exact) mass is 488 g/mol. The van der Waals surface area contributed by atoms with Crippen molar-refractivity contribution in [3.63, 3.8) is 0 Å². The zero-order valence-electron chi connectivity index (χ0n) is 17.7. The molecule has 0 aromatic heterocycles. The summed E-state index contributed by atoms with van der Waals surface area (Å²) in [6.45, 7) is 2.89. The van der Waals surface area contributed by atoms with Crippen molar-refractivity contribution in [2.75, 3.05) is 26.7 Å². The van der Waals surface area contributed by atoms with Crippen LogP contribution in [0.3, 0.4) is 0 Å². The van der Waals surface area contributed by atoms with Gasteiger partial charge in [0.1, 0.15) is 0 Å². The molecule has 3 aromatic rings. The first kappa shape index (κ1) is 26.1. The minimum absolute atomic E-state index is 0. The van der Waals surface area contributed by atoms with Gasteiger partial charge in [-0.1, -0.05) is 0 Å². The number of rotatable bonds is 3. The van der Waals surface area contributed by atoms with Crippen molar-refractivity contribution >= 4 is 0 Å². The van der Waals surface area contributed by atoms with Gasteiger partial charge in [-0.05, 0) is 0 Å². The predicted molar refractivity (Wildman–Crippen MR) is 115 cm³/mol. The van der Waals surface area contributed by atoms with Gasteiger partial charge in [-0.15, -0.1) is 0 Å². The summed E-state index contributed by atoms with van der Waals surface area (Å²) in [7, 11) is 2.26. The van der Waals surface area contributed by atoms with Gasteiger partial charge in [-0.25, -0.2) is 0 Å². The first-order valence-electron chi connectivity index (χ1n) is 10.3. The van der Waals surface area contributed by atoms with Gasteiger partial charge in [0.15, 0.2) is 0 Å². The van der Waals surface area contributed by atoms with Gasteiger partial charge in [0.2, 0.25) is 0 Å². The second-order valence-electron chi connectivity index (χ2n) is 7.82. The van der Waals surface area contributed by atoms with E-state index in [0.717, 1.165) is 19.6 Å². The SMILES string of the molecule is CN1CC(c2ccccc2)NCC(c2ccccc2)[N]([Ti+2])CC1c1ccccc1.[Cl-].[Cl-]. The predicted octanol–water partition coefficient (Wildman–Crippen LogP) is -1.48. The largest absolute Gasteiger partial charge is 1.00 e. The molecule has 0 saturated carbocycles. The molecule has 1 N–H and O–H groups in total. The zero-order chi connectivity index (χ0) is 20.1. The van der Waals surface area contributed by atoms with Gasteiger partial charge in [-0.3, -0.25) is 0 Å². The molecule has 0 radical (unpaired) electrons. The molecule has 0 aliphatic carbocycles. The van der Waals surface area contributed by atoms with Crippen LogP contribution in [0.5, 0.6) is 0 Å². The Morgan fingerprint density at radius 1 is 0.677 bits per heavy atom. The molecule has 3 nitrogen and oxygen atoms in total. The minimum atomic E-state index is 0. The summed E-state index contributed by atoms with van der Waals surface area (Å²) in [5.41, 5.74) is 4.09. The van der Waals surface area contributed by atoms with E-state index in [1.54, 1.807) is 0 Å².